The summed E-state index contributed by atoms with van der Waals surface area (Å²) < 4.78 is 13.1. The molecule has 2 unspecified atom stereocenters. The van der Waals surface area contributed by atoms with Crippen LogP contribution in [0, 0.1) is 17.1 Å². The zero-order valence-corrected chi connectivity index (χ0v) is 19.3. The van der Waals surface area contributed by atoms with Crippen LogP contribution in [0.25, 0.3) is 0 Å². The van der Waals surface area contributed by atoms with E-state index in [9.17, 15) is 14.4 Å². The number of carbonyl (C=O) groups is 1. The fourth-order valence-corrected chi connectivity index (χ4v) is 3.87. The minimum Gasteiger partial charge on any atom is -0.383 e. The van der Waals surface area contributed by atoms with Crippen molar-refractivity contribution in [2.45, 2.75) is 32.1 Å². The monoisotopic (exact) mass is 471 g/mol. The molecule has 0 spiro atoms. The van der Waals surface area contributed by atoms with Crippen LogP contribution >= 0.6 is 0 Å². The Morgan fingerprint density at radius 3 is 2.54 bits per heavy atom. The van der Waals surface area contributed by atoms with Crippen molar-refractivity contribution < 1.29 is 9.18 Å². The summed E-state index contributed by atoms with van der Waals surface area (Å²) in [6.45, 7) is 3.02. The van der Waals surface area contributed by atoms with Crippen LogP contribution in [0.4, 0.5) is 4.39 Å². The average molecular weight is 472 g/mol. The van der Waals surface area contributed by atoms with Crippen LogP contribution in [0.5, 0.6) is 0 Å². The summed E-state index contributed by atoms with van der Waals surface area (Å²) in [6, 6.07) is 15.9. The molecule has 178 valence electrons. The molecule has 2 aliphatic rings. The first-order valence-corrected chi connectivity index (χ1v) is 11.2. The number of amidine groups is 1. The van der Waals surface area contributed by atoms with Crippen molar-refractivity contribution in [3.63, 3.8) is 0 Å². The summed E-state index contributed by atoms with van der Waals surface area (Å²) in [5.41, 5.74) is 9.35. The molecule has 0 aliphatic carbocycles. The summed E-state index contributed by atoms with van der Waals surface area (Å²) in [6.07, 6.45) is 3.17. The molecule has 0 saturated carbocycles. The Hall–Kier alpha value is -4.45. The Kier molecular flexibility index (Phi) is 7.21. The standard InChI is InChI=1S/C26H26FN7O/c1-16-24(30-15-23(29)34-16)20-6-2-17(3-7-20)12-31-25-22(10-19(11-28)14-32-25)26(35)33-13-18-4-8-21(27)9-5-18/h2-10,15-16,24,31-32H,12-14H2,1H3,(H2,29,34)(H,33,35). The van der Waals surface area contributed by atoms with Crippen LogP contribution in [0.3, 0.4) is 0 Å². The largest absolute Gasteiger partial charge is 0.383 e. The van der Waals surface area contributed by atoms with Gasteiger partial charge in [0.2, 0.25) is 0 Å². The average Bonchev–Trinajstić information content (AvgIpc) is 2.87. The Labute approximate surface area is 203 Å². The van der Waals surface area contributed by atoms with E-state index in [0.717, 1.165) is 16.7 Å². The van der Waals surface area contributed by atoms with E-state index in [-0.39, 0.29) is 30.4 Å². The molecule has 2 aromatic carbocycles. The van der Waals surface area contributed by atoms with Gasteiger partial charge in [0.1, 0.15) is 17.5 Å². The Morgan fingerprint density at radius 1 is 1.17 bits per heavy atom. The molecule has 0 fully saturated rings. The quantitative estimate of drug-likeness (QED) is 0.493. The van der Waals surface area contributed by atoms with Gasteiger partial charge in [0, 0.05) is 18.7 Å². The second-order valence-electron chi connectivity index (χ2n) is 8.35. The van der Waals surface area contributed by atoms with Gasteiger partial charge in [-0.3, -0.25) is 14.8 Å². The maximum Gasteiger partial charge on any atom is 0.255 e. The van der Waals surface area contributed by atoms with E-state index in [1.807, 2.05) is 31.2 Å². The van der Waals surface area contributed by atoms with E-state index in [2.05, 4.69) is 32.0 Å². The molecule has 1 amide bonds. The van der Waals surface area contributed by atoms with Crippen molar-refractivity contribution in [2.75, 3.05) is 6.54 Å². The molecule has 0 radical (unpaired) electrons. The van der Waals surface area contributed by atoms with Crippen molar-refractivity contribution >= 4 is 18.0 Å². The molecule has 2 atom stereocenters. The molecule has 4 rings (SSSR count). The third kappa shape index (κ3) is 5.92. The van der Waals surface area contributed by atoms with Gasteiger partial charge in [0.25, 0.3) is 5.91 Å². The Morgan fingerprint density at radius 2 is 1.86 bits per heavy atom. The van der Waals surface area contributed by atoms with Gasteiger partial charge in [-0.25, -0.2) is 4.39 Å². The van der Waals surface area contributed by atoms with Crippen LogP contribution in [0.1, 0.15) is 29.7 Å². The summed E-state index contributed by atoms with van der Waals surface area (Å²) in [7, 11) is 0. The highest BCUT2D eigenvalue weighted by molar-refractivity contribution is 6.29. The molecular weight excluding hydrogens is 445 g/mol. The van der Waals surface area contributed by atoms with E-state index in [4.69, 9.17) is 5.73 Å². The maximum absolute atomic E-state index is 13.1. The van der Waals surface area contributed by atoms with Crippen LogP contribution < -0.4 is 21.7 Å². The van der Waals surface area contributed by atoms with Crippen LogP contribution in [0.15, 0.2) is 81.6 Å². The van der Waals surface area contributed by atoms with Crippen molar-refractivity contribution in [1.82, 2.24) is 16.0 Å². The van der Waals surface area contributed by atoms with E-state index >= 15 is 0 Å². The fraction of sp³-hybridized carbons (Fsp3) is 0.231. The summed E-state index contributed by atoms with van der Waals surface area (Å²) in [5.74, 6) is 0.310. The van der Waals surface area contributed by atoms with Crippen molar-refractivity contribution in [3.8, 4) is 6.07 Å². The van der Waals surface area contributed by atoms with E-state index in [0.29, 0.717) is 35.9 Å². The Bertz CT molecular complexity index is 1250. The van der Waals surface area contributed by atoms with E-state index in [1.165, 1.54) is 12.1 Å². The van der Waals surface area contributed by atoms with Crippen LogP contribution in [-0.4, -0.2) is 30.5 Å². The third-order valence-electron chi connectivity index (χ3n) is 5.77. The SMILES string of the molecule is CC1N=C(N)C=NC1c1ccc(CNC2=C(C(=O)NCc3ccc(F)cc3)C=C(C#N)CN2)cc1. The first kappa shape index (κ1) is 23.7. The number of hydrogen-bond acceptors (Lipinski definition) is 7. The number of nitrogens with two attached hydrogens (primary N) is 1. The zero-order valence-electron chi connectivity index (χ0n) is 19.3. The first-order valence-electron chi connectivity index (χ1n) is 11.2. The molecule has 8 nitrogen and oxygen atoms in total. The second-order valence-corrected chi connectivity index (χ2v) is 8.35. The lowest BCUT2D eigenvalue weighted by Gasteiger charge is -2.22. The summed E-state index contributed by atoms with van der Waals surface area (Å²) in [5, 5.41) is 18.5. The van der Waals surface area contributed by atoms with Gasteiger partial charge < -0.3 is 21.7 Å². The summed E-state index contributed by atoms with van der Waals surface area (Å²) in [4.78, 5) is 21.7. The lowest BCUT2D eigenvalue weighted by atomic mass is 9.99. The number of aliphatic imine (C=N–C) groups is 2. The van der Waals surface area contributed by atoms with Gasteiger partial charge in [-0.15, -0.1) is 0 Å². The lowest BCUT2D eigenvalue weighted by molar-refractivity contribution is -0.117. The highest BCUT2D eigenvalue weighted by Crippen LogP contribution is 2.25. The number of halogens is 1. The van der Waals surface area contributed by atoms with Crippen molar-refractivity contribution in [1.29, 1.82) is 5.26 Å². The van der Waals surface area contributed by atoms with E-state index in [1.54, 1.807) is 24.4 Å². The topological polar surface area (TPSA) is 128 Å². The molecule has 2 heterocycles. The number of nitrogens with one attached hydrogen (secondary N) is 3. The van der Waals surface area contributed by atoms with E-state index < -0.39 is 0 Å². The number of nitrogens with zero attached hydrogens (tertiary/aromatic N) is 3. The molecule has 5 N–H and O–H groups in total. The number of rotatable bonds is 7. The number of benzene rings is 2. The summed E-state index contributed by atoms with van der Waals surface area (Å²) >= 11 is 0. The number of dihydropyridines is 1. The molecule has 0 bridgehead atoms. The Balaban J connectivity index is 1.43. The van der Waals surface area contributed by atoms with Gasteiger partial charge >= 0.3 is 0 Å². The highest BCUT2D eigenvalue weighted by Gasteiger charge is 2.21. The predicted octanol–water partition coefficient (Wildman–Crippen LogP) is 2.37. The molecule has 0 aromatic heterocycles. The molecule has 2 aromatic rings. The number of carbonyl (C=O) groups excluding carboxylic acids is 1. The minimum atomic E-state index is -0.337. The molecule has 9 heteroatoms. The van der Waals surface area contributed by atoms with Crippen LogP contribution in [0.2, 0.25) is 0 Å². The lowest BCUT2D eigenvalue weighted by Crippen LogP contribution is -2.36. The van der Waals surface area contributed by atoms with Gasteiger partial charge in [-0.1, -0.05) is 36.4 Å². The van der Waals surface area contributed by atoms with Gasteiger partial charge in [0.05, 0.1) is 36.5 Å². The number of nitriles is 1. The van der Waals surface area contributed by atoms with Gasteiger partial charge in [0.15, 0.2) is 0 Å². The van der Waals surface area contributed by atoms with Gasteiger partial charge in [-0.2, -0.15) is 5.26 Å². The molecule has 35 heavy (non-hydrogen) atoms. The number of amides is 1. The maximum atomic E-state index is 13.1. The highest BCUT2D eigenvalue weighted by atomic mass is 19.1. The van der Waals surface area contributed by atoms with Crippen LogP contribution in [-0.2, 0) is 17.9 Å². The smallest absolute Gasteiger partial charge is 0.255 e. The first-order chi connectivity index (χ1) is 16.9. The molecule has 2 aliphatic heterocycles. The molecular formula is C26H26FN7O. The molecule has 0 saturated heterocycles. The predicted molar refractivity (Wildman–Crippen MR) is 133 cm³/mol. The number of hydrogen-bond donors (Lipinski definition) is 4. The third-order valence-corrected chi connectivity index (χ3v) is 5.77. The normalized spacial score (nSPS) is 19.2. The van der Waals surface area contributed by atoms with Gasteiger partial charge in [-0.05, 0) is 41.8 Å². The zero-order chi connectivity index (χ0) is 24.8. The fourth-order valence-electron chi connectivity index (χ4n) is 3.87. The van der Waals surface area contributed by atoms with Crippen molar-refractivity contribution in [2.24, 2.45) is 15.7 Å². The van der Waals surface area contributed by atoms with Crippen molar-refractivity contribution in [3.05, 3.63) is 94.1 Å². The minimum absolute atomic E-state index is 0.0299. The second kappa shape index (κ2) is 10.7.